The molecule has 5 rings (SSSR count). The van der Waals surface area contributed by atoms with Crippen molar-refractivity contribution in [3.8, 4) is 17.5 Å². The Hall–Kier alpha value is -3.25. The normalized spacial score (nSPS) is 15.5. The van der Waals surface area contributed by atoms with Gasteiger partial charge in [0.1, 0.15) is 17.4 Å². The van der Waals surface area contributed by atoms with Crippen LogP contribution in [0.25, 0.3) is 22.6 Å². The van der Waals surface area contributed by atoms with Crippen LogP contribution in [-0.4, -0.2) is 40.3 Å². The van der Waals surface area contributed by atoms with Gasteiger partial charge in [0.15, 0.2) is 5.65 Å². The maximum Gasteiger partial charge on any atom is 0.243 e. The molecule has 0 aliphatic carbocycles. The molecule has 1 saturated heterocycles. The van der Waals surface area contributed by atoms with Crippen LogP contribution in [-0.2, 0) is 10.0 Å². The third-order valence-electron chi connectivity index (χ3n) is 5.97. The van der Waals surface area contributed by atoms with E-state index in [4.69, 9.17) is 21.8 Å². The summed E-state index contributed by atoms with van der Waals surface area (Å²) < 4.78 is 30.0. The van der Waals surface area contributed by atoms with Gasteiger partial charge in [-0.15, -0.1) is 0 Å². The Kier molecular flexibility index (Phi) is 5.62. The molecule has 0 saturated carbocycles. The van der Waals surface area contributed by atoms with Crippen molar-refractivity contribution >= 4 is 32.8 Å². The van der Waals surface area contributed by atoms with E-state index < -0.39 is 10.0 Å². The number of imidazole rings is 1. The van der Waals surface area contributed by atoms with Gasteiger partial charge >= 0.3 is 0 Å². The van der Waals surface area contributed by atoms with Gasteiger partial charge in [-0.05, 0) is 43.2 Å². The van der Waals surface area contributed by atoms with Crippen molar-refractivity contribution in [1.82, 2.24) is 18.8 Å². The topological polar surface area (TPSA) is 91.9 Å². The van der Waals surface area contributed by atoms with Crippen LogP contribution in [0.1, 0.15) is 24.4 Å². The molecule has 1 fully saturated rings. The van der Waals surface area contributed by atoms with Crippen molar-refractivity contribution in [3.05, 3.63) is 77.4 Å². The summed E-state index contributed by atoms with van der Waals surface area (Å²) in [5.74, 6) is 0.837. The van der Waals surface area contributed by atoms with Crippen LogP contribution < -0.4 is 0 Å². The van der Waals surface area contributed by atoms with E-state index in [2.05, 4.69) is 9.55 Å². The third kappa shape index (κ3) is 3.89. The van der Waals surface area contributed by atoms with E-state index in [-0.39, 0.29) is 21.5 Å². The minimum absolute atomic E-state index is 0.0658. The van der Waals surface area contributed by atoms with Crippen molar-refractivity contribution < 1.29 is 8.42 Å². The first kappa shape index (κ1) is 21.6. The highest BCUT2D eigenvalue weighted by atomic mass is 35.5. The number of pyridine rings is 1. The molecule has 7 nitrogen and oxygen atoms in total. The number of halogens is 1. The summed E-state index contributed by atoms with van der Waals surface area (Å²) >= 11 is 6.07. The van der Waals surface area contributed by atoms with E-state index in [0.717, 1.165) is 22.6 Å². The fourth-order valence-electron chi connectivity index (χ4n) is 4.30. The van der Waals surface area contributed by atoms with Crippen LogP contribution in [0.4, 0.5) is 0 Å². The number of piperidine rings is 1. The molecule has 0 atom stereocenters. The predicted octanol–water partition coefficient (Wildman–Crippen LogP) is 4.65. The molecule has 166 valence electrons. The molecule has 4 aromatic rings. The number of nitrogens with zero attached hydrogens (tertiary/aromatic N) is 5. The molecule has 0 N–H and O–H groups in total. The number of rotatable bonds is 4. The molecule has 2 aromatic heterocycles. The van der Waals surface area contributed by atoms with Crippen LogP contribution in [0.15, 0.2) is 71.8 Å². The second kappa shape index (κ2) is 8.60. The van der Waals surface area contributed by atoms with E-state index in [1.165, 1.54) is 22.5 Å². The summed E-state index contributed by atoms with van der Waals surface area (Å²) in [7, 11) is -3.71. The van der Waals surface area contributed by atoms with Crippen molar-refractivity contribution in [3.63, 3.8) is 0 Å². The molecule has 0 bridgehead atoms. The summed E-state index contributed by atoms with van der Waals surface area (Å²) in [5.41, 5.74) is 2.87. The van der Waals surface area contributed by atoms with Crippen molar-refractivity contribution in [2.45, 2.75) is 23.8 Å². The highest BCUT2D eigenvalue weighted by Gasteiger charge is 2.32. The van der Waals surface area contributed by atoms with Gasteiger partial charge in [0.25, 0.3) is 0 Å². The van der Waals surface area contributed by atoms with E-state index in [9.17, 15) is 8.42 Å². The molecule has 3 heterocycles. The lowest BCUT2D eigenvalue weighted by molar-refractivity contribution is 0.278. The van der Waals surface area contributed by atoms with Crippen molar-refractivity contribution in [1.29, 1.82) is 5.26 Å². The number of aromatic nitrogens is 3. The predicted molar refractivity (Wildman–Crippen MR) is 126 cm³/mol. The summed E-state index contributed by atoms with van der Waals surface area (Å²) in [6, 6.07) is 20.0. The first-order valence-corrected chi connectivity index (χ1v) is 12.4. The summed E-state index contributed by atoms with van der Waals surface area (Å²) in [6.07, 6.45) is 3.01. The molecular formula is C24H20ClN5O2S. The van der Waals surface area contributed by atoms with Gasteiger partial charge in [0.2, 0.25) is 10.0 Å². The zero-order chi connectivity index (χ0) is 23.0. The molecular weight excluding hydrogens is 458 g/mol. The SMILES string of the molecule is N#Cc1ccc(S(=O)(=O)N2CCC(n3c(-c4ccccc4)nc4cccnc43)CC2)cc1Cl. The molecule has 0 radical (unpaired) electrons. The van der Waals surface area contributed by atoms with E-state index in [1.54, 1.807) is 6.20 Å². The zero-order valence-corrected chi connectivity index (χ0v) is 19.2. The number of nitriles is 1. The summed E-state index contributed by atoms with van der Waals surface area (Å²) in [6.45, 7) is 0.733. The van der Waals surface area contributed by atoms with Gasteiger partial charge < -0.3 is 4.57 Å². The fraction of sp³-hybridized carbons (Fsp3) is 0.208. The Morgan fingerprint density at radius 2 is 1.79 bits per heavy atom. The molecule has 33 heavy (non-hydrogen) atoms. The van der Waals surface area contributed by atoms with Gasteiger partial charge in [-0.1, -0.05) is 41.9 Å². The molecule has 0 spiro atoms. The minimum Gasteiger partial charge on any atom is -0.305 e. The molecule has 1 aliphatic heterocycles. The van der Waals surface area contributed by atoms with Gasteiger partial charge in [-0.25, -0.2) is 18.4 Å². The molecule has 9 heteroatoms. The molecule has 0 amide bonds. The smallest absolute Gasteiger partial charge is 0.243 e. The van der Waals surface area contributed by atoms with Gasteiger partial charge in [-0.3, -0.25) is 0 Å². The fourth-order valence-corrected chi connectivity index (χ4v) is 6.09. The highest BCUT2D eigenvalue weighted by molar-refractivity contribution is 7.89. The number of hydrogen-bond acceptors (Lipinski definition) is 5. The van der Waals surface area contributed by atoms with E-state index in [0.29, 0.717) is 25.9 Å². The van der Waals surface area contributed by atoms with Gasteiger partial charge in [0.05, 0.1) is 15.5 Å². The van der Waals surface area contributed by atoms with E-state index in [1.807, 2.05) is 48.5 Å². The number of fused-ring (bicyclic) bond motifs is 1. The zero-order valence-electron chi connectivity index (χ0n) is 17.6. The lowest BCUT2D eigenvalue weighted by Crippen LogP contribution is -2.39. The van der Waals surface area contributed by atoms with Gasteiger partial charge in [0, 0.05) is 30.9 Å². The standard InChI is InChI=1S/C24H20ClN5O2S/c25-21-15-20(9-8-18(21)16-26)33(31,32)29-13-10-19(11-14-29)30-23(17-5-2-1-3-6-17)28-22-7-4-12-27-24(22)30/h1-9,12,15,19H,10-11,13-14H2. The number of sulfonamides is 1. The van der Waals surface area contributed by atoms with Crippen LogP contribution in [0.3, 0.4) is 0 Å². The van der Waals surface area contributed by atoms with Gasteiger partial charge in [-0.2, -0.15) is 9.57 Å². The lowest BCUT2D eigenvalue weighted by atomic mass is 10.1. The summed E-state index contributed by atoms with van der Waals surface area (Å²) in [4.78, 5) is 9.50. The Morgan fingerprint density at radius 3 is 2.48 bits per heavy atom. The first-order chi connectivity index (χ1) is 16.0. The maximum atomic E-state index is 13.2. The third-order valence-corrected chi connectivity index (χ3v) is 8.18. The summed E-state index contributed by atoms with van der Waals surface area (Å²) in [5, 5.41) is 9.19. The average Bonchev–Trinajstić information content (AvgIpc) is 3.24. The van der Waals surface area contributed by atoms with Crippen molar-refractivity contribution in [2.24, 2.45) is 0 Å². The largest absolute Gasteiger partial charge is 0.305 e. The number of hydrogen-bond donors (Lipinski definition) is 0. The van der Waals surface area contributed by atoms with Crippen LogP contribution in [0.2, 0.25) is 5.02 Å². The lowest BCUT2D eigenvalue weighted by Gasteiger charge is -2.32. The van der Waals surface area contributed by atoms with Crippen LogP contribution >= 0.6 is 11.6 Å². The number of benzene rings is 2. The van der Waals surface area contributed by atoms with Crippen LogP contribution in [0.5, 0.6) is 0 Å². The second-order valence-corrected chi connectivity index (χ2v) is 10.3. The quantitative estimate of drug-likeness (QED) is 0.426. The molecule has 0 unspecified atom stereocenters. The van der Waals surface area contributed by atoms with Crippen LogP contribution in [0, 0.1) is 11.3 Å². The first-order valence-electron chi connectivity index (χ1n) is 10.6. The monoisotopic (exact) mass is 477 g/mol. The van der Waals surface area contributed by atoms with Crippen molar-refractivity contribution in [2.75, 3.05) is 13.1 Å². The Balaban J connectivity index is 1.44. The Bertz CT molecular complexity index is 1470. The average molecular weight is 478 g/mol. The maximum absolute atomic E-state index is 13.2. The molecule has 1 aliphatic rings. The second-order valence-electron chi connectivity index (χ2n) is 7.91. The Labute approximate surface area is 196 Å². The minimum atomic E-state index is -3.71. The van der Waals surface area contributed by atoms with E-state index >= 15 is 0 Å². The Morgan fingerprint density at radius 1 is 1.03 bits per heavy atom. The molecule has 2 aromatic carbocycles. The highest BCUT2D eigenvalue weighted by Crippen LogP contribution is 2.34.